The zero-order chi connectivity index (χ0) is 21.3. The van der Waals surface area contributed by atoms with E-state index < -0.39 is 0 Å². The number of hydrogen-bond donors (Lipinski definition) is 2. The maximum atomic E-state index is 12.1. The summed E-state index contributed by atoms with van der Waals surface area (Å²) in [6.45, 7) is 2.60. The summed E-state index contributed by atoms with van der Waals surface area (Å²) in [5, 5.41) is 16.4. The average Bonchev–Trinajstić information content (AvgIpc) is 3.10. The van der Waals surface area contributed by atoms with Gasteiger partial charge in [-0.25, -0.2) is 5.43 Å². The first-order chi connectivity index (χ1) is 14.5. The Labute approximate surface area is 179 Å². The number of ether oxygens (including phenoxy) is 1. The number of methoxy groups -OCH3 is 1. The highest BCUT2D eigenvalue weighted by molar-refractivity contribution is 7.99. The van der Waals surface area contributed by atoms with E-state index in [1.807, 2.05) is 61.0 Å². The molecule has 3 rings (SSSR count). The predicted molar refractivity (Wildman–Crippen MR) is 119 cm³/mol. The third-order valence-corrected chi connectivity index (χ3v) is 5.24. The van der Waals surface area contributed by atoms with E-state index in [1.165, 1.54) is 17.3 Å². The van der Waals surface area contributed by atoms with Gasteiger partial charge in [-0.1, -0.05) is 36.0 Å². The molecule has 156 valence electrons. The standard InChI is InChI=1S/C21H24N6O2S/c1-15-6-4-8-17(10-15)22-13-19-24-26-21(27(19)2)30-14-20(28)25-23-12-16-7-5-9-18(11-16)29-3/h4-12,22H,13-14H2,1-3H3,(H,25,28)/b23-12+. The Balaban J connectivity index is 1.47. The van der Waals surface area contributed by atoms with Crippen LogP contribution in [0.1, 0.15) is 17.0 Å². The number of anilines is 1. The number of hydrogen-bond acceptors (Lipinski definition) is 7. The second-order valence-electron chi connectivity index (χ2n) is 6.54. The van der Waals surface area contributed by atoms with Crippen molar-refractivity contribution in [1.29, 1.82) is 0 Å². The van der Waals surface area contributed by atoms with Crippen LogP contribution in [0.4, 0.5) is 5.69 Å². The van der Waals surface area contributed by atoms with Crippen LogP contribution in [0.15, 0.2) is 58.8 Å². The number of aromatic nitrogens is 3. The lowest BCUT2D eigenvalue weighted by Crippen LogP contribution is -2.20. The van der Waals surface area contributed by atoms with Gasteiger partial charge in [0.1, 0.15) is 5.75 Å². The van der Waals surface area contributed by atoms with Crippen LogP contribution in [0.2, 0.25) is 0 Å². The third kappa shape index (κ3) is 6.08. The lowest BCUT2D eigenvalue weighted by molar-refractivity contribution is -0.118. The molecule has 1 heterocycles. The van der Waals surface area contributed by atoms with Crippen LogP contribution in [-0.2, 0) is 18.4 Å². The highest BCUT2D eigenvalue weighted by Gasteiger charge is 2.11. The normalized spacial score (nSPS) is 10.9. The Bertz CT molecular complexity index is 1030. The lowest BCUT2D eigenvalue weighted by Gasteiger charge is -2.07. The summed E-state index contributed by atoms with van der Waals surface area (Å²) in [6.07, 6.45) is 1.57. The number of thioether (sulfide) groups is 1. The van der Waals surface area contributed by atoms with Crippen molar-refractivity contribution < 1.29 is 9.53 Å². The molecule has 0 aliphatic rings. The molecule has 9 heteroatoms. The molecular formula is C21H24N6O2S. The number of rotatable bonds is 9. The van der Waals surface area contributed by atoms with Gasteiger partial charge in [-0.3, -0.25) is 4.79 Å². The number of carbonyl (C=O) groups is 1. The van der Waals surface area contributed by atoms with E-state index >= 15 is 0 Å². The van der Waals surface area contributed by atoms with E-state index in [0.717, 1.165) is 22.8 Å². The minimum atomic E-state index is -0.221. The molecule has 0 saturated heterocycles. The van der Waals surface area contributed by atoms with E-state index in [9.17, 15) is 4.79 Å². The minimum Gasteiger partial charge on any atom is -0.497 e. The predicted octanol–water partition coefficient (Wildman–Crippen LogP) is 2.99. The van der Waals surface area contributed by atoms with Gasteiger partial charge in [0.2, 0.25) is 0 Å². The molecule has 0 unspecified atom stereocenters. The van der Waals surface area contributed by atoms with Crippen molar-refractivity contribution in [2.45, 2.75) is 18.6 Å². The Kier molecular flexibility index (Phi) is 7.45. The van der Waals surface area contributed by atoms with Crippen molar-refractivity contribution in [3.05, 3.63) is 65.5 Å². The molecule has 2 aromatic carbocycles. The lowest BCUT2D eigenvalue weighted by atomic mass is 10.2. The quantitative estimate of drug-likeness (QED) is 0.312. The molecule has 30 heavy (non-hydrogen) atoms. The molecule has 0 fully saturated rings. The number of nitrogens with zero attached hydrogens (tertiary/aromatic N) is 4. The summed E-state index contributed by atoms with van der Waals surface area (Å²) in [5.41, 5.74) is 5.57. The maximum Gasteiger partial charge on any atom is 0.250 e. The second kappa shape index (κ2) is 10.4. The Morgan fingerprint density at radius 1 is 1.23 bits per heavy atom. The topological polar surface area (TPSA) is 93.4 Å². The van der Waals surface area contributed by atoms with Crippen molar-refractivity contribution in [2.24, 2.45) is 12.1 Å². The van der Waals surface area contributed by atoms with Crippen LogP contribution >= 0.6 is 11.8 Å². The fourth-order valence-corrected chi connectivity index (χ4v) is 3.35. The number of benzene rings is 2. The largest absolute Gasteiger partial charge is 0.497 e. The number of aryl methyl sites for hydroxylation is 1. The summed E-state index contributed by atoms with van der Waals surface area (Å²) in [4.78, 5) is 12.1. The van der Waals surface area contributed by atoms with Crippen LogP contribution in [0.25, 0.3) is 0 Å². The zero-order valence-electron chi connectivity index (χ0n) is 17.1. The van der Waals surface area contributed by atoms with E-state index in [1.54, 1.807) is 13.3 Å². The Hall–Kier alpha value is -3.33. The first-order valence-electron chi connectivity index (χ1n) is 9.32. The van der Waals surface area contributed by atoms with Crippen molar-refractivity contribution in [2.75, 3.05) is 18.2 Å². The van der Waals surface area contributed by atoms with E-state index in [-0.39, 0.29) is 11.7 Å². The van der Waals surface area contributed by atoms with Gasteiger partial charge in [0, 0.05) is 12.7 Å². The fraction of sp³-hybridized carbons (Fsp3) is 0.238. The molecule has 0 spiro atoms. The van der Waals surface area contributed by atoms with Crippen LogP contribution in [0.3, 0.4) is 0 Å². The van der Waals surface area contributed by atoms with E-state index in [4.69, 9.17) is 4.74 Å². The molecule has 0 aliphatic heterocycles. The summed E-state index contributed by atoms with van der Waals surface area (Å²) in [7, 11) is 3.49. The minimum absolute atomic E-state index is 0.187. The Morgan fingerprint density at radius 3 is 2.87 bits per heavy atom. The second-order valence-corrected chi connectivity index (χ2v) is 7.48. The molecule has 0 bridgehead atoms. The summed E-state index contributed by atoms with van der Waals surface area (Å²) in [6, 6.07) is 15.5. The van der Waals surface area contributed by atoms with Crippen molar-refractivity contribution in [3.63, 3.8) is 0 Å². The van der Waals surface area contributed by atoms with Gasteiger partial charge in [-0.15, -0.1) is 10.2 Å². The van der Waals surface area contributed by atoms with Crippen molar-refractivity contribution in [1.82, 2.24) is 20.2 Å². The first-order valence-corrected chi connectivity index (χ1v) is 10.3. The zero-order valence-corrected chi connectivity index (χ0v) is 17.9. The molecule has 0 aliphatic carbocycles. The van der Waals surface area contributed by atoms with Crippen LogP contribution in [0, 0.1) is 6.92 Å². The summed E-state index contributed by atoms with van der Waals surface area (Å²) >= 11 is 1.31. The summed E-state index contributed by atoms with van der Waals surface area (Å²) < 4.78 is 7.03. The SMILES string of the molecule is COc1cccc(/C=N/NC(=O)CSc2nnc(CNc3cccc(C)c3)n2C)c1. The smallest absolute Gasteiger partial charge is 0.250 e. The van der Waals surface area contributed by atoms with Gasteiger partial charge in [-0.2, -0.15) is 5.10 Å². The van der Waals surface area contributed by atoms with Crippen LogP contribution in [-0.4, -0.2) is 39.7 Å². The molecule has 0 saturated carbocycles. The number of hydrazone groups is 1. The van der Waals surface area contributed by atoms with Gasteiger partial charge in [-0.05, 0) is 42.3 Å². The molecule has 2 N–H and O–H groups in total. The first kappa shape index (κ1) is 21.4. The molecular weight excluding hydrogens is 400 g/mol. The fourth-order valence-electron chi connectivity index (χ4n) is 2.62. The van der Waals surface area contributed by atoms with Gasteiger partial charge in [0.05, 0.1) is 25.6 Å². The average molecular weight is 425 g/mol. The number of amides is 1. The molecule has 1 amide bonds. The molecule has 8 nitrogen and oxygen atoms in total. The van der Waals surface area contributed by atoms with E-state index in [2.05, 4.69) is 32.1 Å². The maximum absolute atomic E-state index is 12.1. The van der Waals surface area contributed by atoms with Crippen molar-refractivity contribution in [3.8, 4) is 5.75 Å². The van der Waals surface area contributed by atoms with Crippen LogP contribution < -0.4 is 15.5 Å². The molecule has 0 atom stereocenters. The third-order valence-electron chi connectivity index (χ3n) is 4.22. The van der Waals surface area contributed by atoms with Crippen LogP contribution in [0.5, 0.6) is 5.75 Å². The molecule has 0 radical (unpaired) electrons. The van der Waals surface area contributed by atoms with E-state index in [0.29, 0.717) is 11.7 Å². The number of nitrogens with one attached hydrogen (secondary N) is 2. The molecule has 1 aromatic heterocycles. The highest BCUT2D eigenvalue weighted by Crippen LogP contribution is 2.17. The highest BCUT2D eigenvalue weighted by atomic mass is 32.2. The summed E-state index contributed by atoms with van der Waals surface area (Å²) in [5.74, 6) is 1.49. The van der Waals surface area contributed by atoms with Gasteiger partial charge < -0.3 is 14.6 Å². The van der Waals surface area contributed by atoms with Gasteiger partial charge in [0.15, 0.2) is 11.0 Å². The van der Waals surface area contributed by atoms with Gasteiger partial charge >= 0.3 is 0 Å². The van der Waals surface area contributed by atoms with Gasteiger partial charge in [0.25, 0.3) is 5.91 Å². The van der Waals surface area contributed by atoms with Crippen molar-refractivity contribution >= 4 is 29.6 Å². The monoisotopic (exact) mass is 424 g/mol. The number of carbonyl (C=O) groups excluding carboxylic acids is 1. The molecule has 3 aromatic rings. The Morgan fingerprint density at radius 2 is 2.07 bits per heavy atom.